The molecule has 100 valence electrons. The van der Waals surface area contributed by atoms with Crippen molar-refractivity contribution in [2.24, 2.45) is 0 Å². The lowest BCUT2D eigenvalue weighted by Gasteiger charge is -2.04. The first-order valence-electron chi connectivity index (χ1n) is 6.54. The number of furan rings is 1. The molecule has 1 aliphatic rings. The number of hydrogen-bond acceptors (Lipinski definition) is 5. The lowest BCUT2D eigenvalue weighted by molar-refractivity contribution is 0.363. The SMILES string of the molecule is Cc1ccoc1-c1noc(C2Cc3ccccc3N2)n1. The molecule has 1 aromatic carbocycles. The van der Waals surface area contributed by atoms with Crippen LogP contribution in [0.1, 0.15) is 23.1 Å². The molecule has 5 nitrogen and oxygen atoms in total. The number of anilines is 1. The summed E-state index contributed by atoms with van der Waals surface area (Å²) in [4.78, 5) is 4.44. The van der Waals surface area contributed by atoms with Crippen molar-refractivity contribution >= 4 is 5.69 Å². The van der Waals surface area contributed by atoms with Gasteiger partial charge in [0.1, 0.15) is 6.04 Å². The predicted molar refractivity (Wildman–Crippen MR) is 73.2 cm³/mol. The Labute approximate surface area is 115 Å². The van der Waals surface area contributed by atoms with Crippen molar-refractivity contribution in [1.82, 2.24) is 10.1 Å². The lowest BCUT2D eigenvalue weighted by Crippen LogP contribution is -2.05. The van der Waals surface area contributed by atoms with Gasteiger partial charge in [-0.3, -0.25) is 0 Å². The summed E-state index contributed by atoms with van der Waals surface area (Å²) in [5.74, 6) is 1.75. The third-order valence-electron chi connectivity index (χ3n) is 3.58. The zero-order valence-electron chi connectivity index (χ0n) is 11.0. The maximum atomic E-state index is 5.38. The number of hydrogen-bond donors (Lipinski definition) is 1. The minimum atomic E-state index is 0.0314. The van der Waals surface area contributed by atoms with Gasteiger partial charge < -0.3 is 14.3 Å². The topological polar surface area (TPSA) is 64.1 Å². The first kappa shape index (κ1) is 11.3. The van der Waals surface area contributed by atoms with E-state index in [2.05, 4.69) is 27.6 Å². The molecule has 5 heteroatoms. The van der Waals surface area contributed by atoms with Crippen molar-refractivity contribution in [2.45, 2.75) is 19.4 Å². The van der Waals surface area contributed by atoms with E-state index in [-0.39, 0.29) is 6.04 Å². The highest BCUT2D eigenvalue weighted by molar-refractivity contribution is 5.57. The number of nitrogens with one attached hydrogen (secondary N) is 1. The fourth-order valence-electron chi connectivity index (χ4n) is 2.52. The molecule has 0 aliphatic carbocycles. The lowest BCUT2D eigenvalue weighted by atomic mass is 10.1. The molecule has 3 aromatic rings. The van der Waals surface area contributed by atoms with E-state index in [9.17, 15) is 0 Å². The van der Waals surface area contributed by atoms with Gasteiger partial charge >= 0.3 is 0 Å². The number of fused-ring (bicyclic) bond motifs is 1. The van der Waals surface area contributed by atoms with Gasteiger partial charge in [0.25, 0.3) is 0 Å². The second kappa shape index (κ2) is 4.23. The van der Waals surface area contributed by atoms with E-state index >= 15 is 0 Å². The summed E-state index contributed by atoms with van der Waals surface area (Å²) >= 11 is 0. The second-order valence-electron chi connectivity index (χ2n) is 4.95. The monoisotopic (exact) mass is 267 g/mol. The van der Waals surface area contributed by atoms with Crippen molar-refractivity contribution in [3.8, 4) is 11.6 Å². The van der Waals surface area contributed by atoms with Gasteiger partial charge in [-0.05, 0) is 30.2 Å². The summed E-state index contributed by atoms with van der Waals surface area (Å²) in [5, 5.41) is 7.40. The third-order valence-corrected chi connectivity index (χ3v) is 3.58. The van der Waals surface area contributed by atoms with E-state index in [1.807, 2.05) is 25.1 Å². The van der Waals surface area contributed by atoms with Gasteiger partial charge in [0.05, 0.1) is 6.26 Å². The molecule has 0 spiro atoms. The highest BCUT2D eigenvalue weighted by Gasteiger charge is 2.27. The Kier molecular flexibility index (Phi) is 2.39. The first-order chi connectivity index (χ1) is 9.81. The van der Waals surface area contributed by atoms with Crippen molar-refractivity contribution in [3.05, 3.63) is 53.6 Å². The minimum absolute atomic E-state index is 0.0314. The molecule has 0 amide bonds. The summed E-state index contributed by atoms with van der Waals surface area (Å²) in [6, 6.07) is 10.1. The summed E-state index contributed by atoms with van der Waals surface area (Å²) < 4.78 is 10.8. The second-order valence-corrected chi connectivity index (χ2v) is 4.95. The van der Waals surface area contributed by atoms with Crippen molar-refractivity contribution in [1.29, 1.82) is 0 Å². The van der Waals surface area contributed by atoms with E-state index in [1.54, 1.807) is 6.26 Å². The van der Waals surface area contributed by atoms with Crippen LogP contribution in [-0.4, -0.2) is 10.1 Å². The van der Waals surface area contributed by atoms with Crippen LogP contribution in [0.15, 0.2) is 45.5 Å². The maximum Gasteiger partial charge on any atom is 0.249 e. The maximum absolute atomic E-state index is 5.38. The fraction of sp³-hybridized carbons (Fsp3) is 0.200. The van der Waals surface area contributed by atoms with Gasteiger partial charge in [0, 0.05) is 12.1 Å². The number of para-hydroxylation sites is 1. The van der Waals surface area contributed by atoms with Gasteiger partial charge in [0.2, 0.25) is 11.7 Å². The summed E-state index contributed by atoms with van der Waals surface area (Å²) in [5.41, 5.74) is 3.40. The molecule has 0 saturated carbocycles. The molecule has 1 unspecified atom stereocenters. The quantitative estimate of drug-likeness (QED) is 0.771. The van der Waals surface area contributed by atoms with Crippen LogP contribution in [0.25, 0.3) is 11.6 Å². The highest BCUT2D eigenvalue weighted by Crippen LogP contribution is 2.34. The van der Waals surface area contributed by atoms with Gasteiger partial charge in [-0.25, -0.2) is 0 Å². The van der Waals surface area contributed by atoms with E-state index in [1.165, 1.54) is 5.56 Å². The number of rotatable bonds is 2. The smallest absolute Gasteiger partial charge is 0.249 e. The van der Waals surface area contributed by atoms with Crippen LogP contribution in [0.5, 0.6) is 0 Å². The molecule has 1 N–H and O–H groups in total. The molecule has 0 saturated heterocycles. The Morgan fingerprint density at radius 2 is 2.15 bits per heavy atom. The van der Waals surface area contributed by atoms with Crippen LogP contribution in [0.2, 0.25) is 0 Å². The van der Waals surface area contributed by atoms with E-state index in [0.29, 0.717) is 17.5 Å². The Morgan fingerprint density at radius 3 is 2.95 bits per heavy atom. The molecule has 1 atom stereocenters. The Balaban J connectivity index is 1.63. The number of aromatic nitrogens is 2. The zero-order chi connectivity index (χ0) is 13.5. The average molecular weight is 267 g/mol. The molecule has 0 bridgehead atoms. The predicted octanol–water partition coefficient (Wildman–Crippen LogP) is 3.35. The average Bonchev–Trinajstić information content (AvgIpc) is 3.15. The minimum Gasteiger partial charge on any atom is -0.461 e. The van der Waals surface area contributed by atoms with Crippen LogP contribution in [-0.2, 0) is 6.42 Å². The Hall–Kier alpha value is -2.56. The number of benzene rings is 1. The number of nitrogens with zero attached hydrogens (tertiary/aromatic N) is 2. The van der Waals surface area contributed by atoms with Crippen LogP contribution < -0.4 is 5.32 Å². The number of aryl methyl sites for hydroxylation is 1. The van der Waals surface area contributed by atoms with Crippen LogP contribution in [0, 0.1) is 6.92 Å². The summed E-state index contributed by atoms with van der Waals surface area (Å²) in [6.45, 7) is 1.96. The Morgan fingerprint density at radius 1 is 1.25 bits per heavy atom. The van der Waals surface area contributed by atoms with E-state index in [0.717, 1.165) is 17.7 Å². The molecule has 0 radical (unpaired) electrons. The molecule has 4 rings (SSSR count). The molecule has 2 aromatic heterocycles. The van der Waals surface area contributed by atoms with Crippen LogP contribution in [0.4, 0.5) is 5.69 Å². The van der Waals surface area contributed by atoms with Crippen LogP contribution >= 0.6 is 0 Å². The normalized spacial score (nSPS) is 16.9. The van der Waals surface area contributed by atoms with Crippen molar-refractivity contribution < 1.29 is 8.94 Å². The molecule has 0 fully saturated rings. The van der Waals surface area contributed by atoms with Gasteiger partial charge in [-0.1, -0.05) is 23.4 Å². The first-order valence-corrected chi connectivity index (χ1v) is 6.54. The van der Waals surface area contributed by atoms with Gasteiger partial charge in [-0.2, -0.15) is 4.98 Å². The highest BCUT2D eigenvalue weighted by atomic mass is 16.5. The van der Waals surface area contributed by atoms with E-state index in [4.69, 9.17) is 8.94 Å². The van der Waals surface area contributed by atoms with Crippen molar-refractivity contribution in [2.75, 3.05) is 5.32 Å². The standard InChI is InChI=1S/C15H13N3O2/c1-9-6-7-19-13(9)14-17-15(20-18-14)12-8-10-4-2-3-5-11(10)16-12/h2-7,12,16H,8H2,1H3. The van der Waals surface area contributed by atoms with E-state index < -0.39 is 0 Å². The van der Waals surface area contributed by atoms with Crippen molar-refractivity contribution in [3.63, 3.8) is 0 Å². The van der Waals surface area contributed by atoms with Crippen LogP contribution in [0.3, 0.4) is 0 Å². The fourth-order valence-corrected chi connectivity index (χ4v) is 2.52. The molecular formula is C15H13N3O2. The van der Waals surface area contributed by atoms with Gasteiger partial charge in [-0.15, -0.1) is 0 Å². The van der Waals surface area contributed by atoms with Gasteiger partial charge in [0.15, 0.2) is 5.76 Å². The largest absolute Gasteiger partial charge is 0.461 e. The summed E-state index contributed by atoms with van der Waals surface area (Å²) in [6.07, 6.45) is 2.49. The zero-order valence-corrected chi connectivity index (χ0v) is 11.0. The molecule has 3 heterocycles. The third kappa shape index (κ3) is 1.71. The molecule has 20 heavy (non-hydrogen) atoms. The molecule has 1 aliphatic heterocycles. The Bertz CT molecular complexity index is 735. The summed E-state index contributed by atoms with van der Waals surface area (Å²) in [7, 11) is 0. The molecular weight excluding hydrogens is 254 g/mol.